The van der Waals surface area contributed by atoms with Crippen molar-refractivity contribution in [3.05, 3.63) is 53.7 Å². The van der Waals surface area contributed by atoms with Gasteiger partial charge in [0.2, 0.25) is 11.8 Å². The van der Waals surface area contributed by atoms with Crippen molar-refractivity contribution in [3.63, 3.8) is 0 Å². The number of aromatic nitrogens is 5. The number of ether oxygens (including phenoxy) is 1. The van der Waals surface area contributed by atoms with E-state index in [4.69, 9.17) is 9.15 Å². The Labute approximate surface area is 203 Å². The lowest BCUT2D eigenvalue weighted by Gasteiger charge is -2.29. The van der Waals surface area contributed by atoms with E-state index in [-0.39, 0.29) is 22.9 Å². The summed E-state index contributed by atoms with van der Waals surface area (Å²) in [6, 6.07) is 3.89. The molecule has 1 N–H and O–H groups in total. The first-order chi connectivity index (χ1) is 16.7. The predicted octanol–water partition coefficient (Wildman–Crippen LogP) is 3.78. The molecule has 1 amide bonds. The zero-order chi connectivity index (χ0) is 24.7. The smallest absolute Gasteiger partial charge is 0.276 e. The molecule has 4 aromatic rings. The van der Waals surface area contributed by atoms with Crippen molar-refractivity contribution >= 4 is 23.1 Å². The van der Waals surface area contributed by atoms with Crippen molar-refractivity contribution in [1.82, 2.24) is 24.6 Å². The Kier molecular flexibility index (Phi) is 5.76. The number of nitrogens with one attached hydrogen (secondary N) is 1. The molecule has 10 heteroatoms. The SMILES string of the molecule is Cc1nc2c(N3CCOCC3)cc(-c3cc(C(=O)Nc4cnc(C(C)(C)C)o4)ncc3C)cn2n1. The minimum atomic E-state index is -0.367. The van der Waals surface area contributed by atoms with Gasteiger partial charge in [0.05, 0.1) is 25.1 Å². The summed E-state index contributed by atoms with van der Waals surface area (Å²) in [5, 5.41) is 7.32. The van der Waals surface area contributed by atoms with Gasteiger partial charge >= 0.3 is 0 Å². The van der Waals surface area contributed by atoms with Crippen molar-refractivity contribution in [1.29, 1.82) is 0 Å². The molecule has 0 aromatic carbocycles. The molecular formula is C25H29N7O3. The highest BCUT2D eigenvalue weighted by Crippen LogP contribution is 2.31. The highest BCUT2D eigenvalue weighted by atomic mass is 16.5. The van der Waals surface area contributed by atoms with Gasteiger partial charge in [0.1, 0.15) is 11.5 Å². The van der Waals surface area contributed by atoms with Gasteiger partial charge in [-0.05, 0) is 37.1 Å². The third-order valence-corrected chi connectivity index (χ3v) is 5.90. The van der Waals surface area contributed by atoms with Crippen LogP contribution in [0.3, 0.4) is 0 Å². The number of oxazole rings is 1. The summed E-state index contributed by atoms with van der Waals surface area (Å²) in [6.07, 6.45) is 5.16. The molecular weight excluding hydrogens is 446 g/mol. The molecule has 0 aliphatic carbocycles. The van der Waals surface area contributed by atoms with Gasteiger partial charge in [-0.15, -0.1) is 0 Å². The number of fused-ring (bicyclic) bond motifs is 1. The number of amides is 1. The number of aryl methyl sites for hydroxylation is 2. The molecule has 0 spiro atoms. The second-order valence-electron chi connectivity index (χ2n) is 9.76. The Morgan fingerprint density at radius 2 is 1.86 bits per heavy atom. The van der Waals surface area contributed by atoms with Gasteiger partial charge in [-0.3, -0.25) is 15.1 Å². The molecule has 0 atom stereocenters. The summed E-state index contributed by atoms with van der Waals surface area (Å²) < 4.78 is 13.0. The topological polar surface area (TPSA) is 111 Å². The number of morpholine rings is 1. The lowest BCUT2D eigenvalue weighted by Crippen LogP contribution is -2.36. The summed E-state index contributed by atoms with van der Waals surface area (Å²) >= 11 is 0. The van der Waals surface area contributed by atoms with Crippen molar-refractivity contribution in [3.8, 4) is 11.1 Å². The van der Waals surface area contributed by atoms with E-state index < -0.39 is 0 Å². The summed E-state index contributed by atoms with van der Waals surface area (Å²) in [5.74, 6) is 1.18. The third kappa shape index (κ3) is 4.61. The van der Waals surface area contributed by atoms with E-state index in [2.05, 4.69) is 36.3 Å². The summed E-state index contributed by atoms with van der Waals surface area (Å²) in [7, 11) is 0. The number of hydrogen-bond donors (Lipinski definition) is 1. The normalized spacial score (nSPS) is 14.5. The number of rotatable bonds is 4. The Balaban J connectivity index is 1.50. The minimum Gasteiger partial charge on any atom is -0.424 e. The first-order valence-electron chi connectivity index (χ1n) is 11.6. The van der Waals surface area contributed by atoms with Gasteiger partial charge in [-0.1, -0.05) is 20.8 Å². The van der Waals surface area contributed by atoms with Crippen LogP contribution in [0.4, 0.5) is 11.6 Å². The molecule has 35 heavy (non-hydrogen) atoms. The minimum absolute atomic E-state index is 0.255. The first-order valence-corrected chi connectivity index (χ1v) is 11.6. The molecule has 10 nitrogen and oxygen atoms in total. The Bertz CT molecular complexity index is 1390. The van der Waals surface area contributed by atoms with Gasteiger partial charge in [0, 0.05) is 36.5 Å². The van der Waals surface area contributed by atoms with Crippen LogP contribution in [0.1, 0.15) is 48.5 Å². The lowest BCUT2D eigenvalue weighted by molar-refractivity contribution is 0.101. The number of nitrogens with zero attached hydrogens (tertiary/aromatic N) is 6. The maximum absolute atomic E-state index is 13.0. The quantitative estimate of drug-likeness (QED) is 0.475. The third-order valence-electron chi connectivity index (χ3n) is 5.90. The molecule has 4 aromatic heterocycles. The molecule has 0 bridgehead atoms. The van der Waals surface area contributed by atoms with Crippen LogP contribution >= 0.6 is 0 Å². The fourth-order valence-electron chi connectivity index (χ4n) is 4.07. The summed E-state index contributed by atoms with van der Waals surface area (Å²) in [6.45, 7) is 12.7. The molecule has 1 fully saturated rings. The maximum Gasteiger partial charge on any atom is 0.276 e. The number of carbonyl (C=O) groups is 1. The molecule has 1 aliphatic rings. The van der Waals surface area contributed by atoms with Crippen molar-refractivity contribution in [2.24, 2.45) is 0 Å². The Morgan fingerprint density at radius 3 is 2.57 bits per heavy atom. The van der Waals surface area contributed by atoms with Crippen molar-refractivity contribution in [2.75, 3.05) is 36.5 Å². The fraction of sp³-hybridized carbons (Fsp3) is 0.400. The zero-order valence-electron chi connectivity index (χ0n) is 20.6. The molecule has 1 aliphatic heterocycles. The number of carbonyl (C=O) groups excluding carboxylic acids is 1. The van der Waals surface area contributed by atoms with E-state index in [1.165, 1.54) is 6.20 Å². The first kappa shape index (κ1) is 23.0. The molecule has 5 rings (SSSR count). The van der Waals surface area contributed by atoms with Gasteiger partial charge in [-0.2, -0.15) is 5.10 Å². The van der Waals surface area contributed by atoms with E-state index in [0.29, 0.717) is 24.9 Å². The zero-order valence-corrected chi connectivity index (χ0v) is 20.6. The summed E-state index contributed by atoms with van der Waals surface area (Å²) in [5.41, 5.74) is 4.58. The van der Waals surface area contributed by atoms with E-state index in [1.807, 2.05) is 40.8 Å². The van der Waals surface area contributed by atoms with Gasteiger partial charge in [0.25, 0.3) is 5.91 Å². The second kappa shape index (κ2) is 8.77. The van der Waals surface area contributed by atoms with Crippen LogP contribution in [-0.4, -0.2) is 56.8 Å². The van der Waals surface area contributed by atoms with Gasteiger partial charge < -0.3 is 14.1 Å². The van der Waals surface area contributed by atoms with Crippen LogP contribution < -0.4 is 10.2 Å². The highest BCUT2D eigenvalue weighted by Gasteiger charge is 2.22. The average Bonchev–Trinajstić information content (AvgIpc) is 3.45. The van der Waals surface area contributed by atoms with Crippen LogP contribution in [-0.2, 0) is 10.2 Å². The van der Waals surface area contributed by atoms with Crippen LogP contribution in [0.15, 0.2) is 35.1 Å². The van der Waals surface area contributed by atoms with E-state index in [0.717, 1.165) is 41.1 Å². The maximum atomic E-state index is 13.0. The van der Waals surface area contributed by atoms with Crippen LogP contribution in [0.5, 0.6) is 0 Å². The molecule has 0 unspecified atom stereocenters. The molecule has 0 radical (unpaired) electrons. The van der Waals surface area contributed by atoms with Crippen molar-refractivity contribution < 1.29 is 13.9 Å². The molecule has 5 heterocycles. The monoisotopic (exact) mass is 475 g/mol. The molecule has 1 saturated heterocycles. The Hall–Kier alpha value is -3.79. The van der Waals surface area contributed by atoms with E-state index in [9.17, 15) is 4.79 Å². The molecule has 182 valence electrons. The number of anilines is 2. The fourth-order valence-corrected chi connectivity index (χ4v) is 4.07. The van der Waals surface area contributed by atoms with Crippen LogP contribution in [0.2, 0.25) is 0 Å². The highest BCUT2D eigenvalue weighted by molar-refractivity contribution is 6.02. The largest absolute Gasteiger partial charge is 0.424 e. The van der Waals surface area contributed by atoms with E-state index in [1.54, 1.807) is 16.8 Å². The predicted molar refractivity (Wildman–Crippen MR) is 132 cm³/mol. The van der Waals surface area contributed by atoms with Crippen molar-refractivity contribution in [2.45, 2.75) is 40.0 Å². The van der Waals surface area contributed by atoms with Gasteiger partial charge in [-0.25, -0.2) is 14.5 Å². The second-order valence-corrected chi connectivity index (χ2v) is 9.76. The lowest BCUT2D eigenvalue weighted by atomic mass is 9.97. The Morgan fingerprint density at radius 1 is 1.09 bits per heavy atom. The van der Waals surface area contributed by atoms with Crippen LogP contribution in [0, 0.1) is 13.8 Å². The summed E-state index contributed by atoms with van der Waals surface area (Å²) in [4.78, 5) is 28.5. The van der Waals surface area contributed by atoms with Gasteiger partial charge in [0.15, 0.2) is 5.65 Å². The van der Waals surface area contributed by atoms with Crippen LogP contribution in [0.25, 0.3) is 16.8 Å². The number of hydrogen-bond acceptors (Lipinski definition) is 8. The average molecular weight is 476 g/mol. The van der Waals surface area contributed by atoms with E-state index >= 15 is 0 Å². The standard InChI is InChI=1S/C25H29N7O3/c1-15-12-26-19(23(33)29-21-13-27-24(35-21)25(3,4)5)11-18(15)17-10-20(31-6-8-34-9-7-31)22-28-16(2)30-32(22)14-17/h10-14H,6-9H2,1-5H3,(H,29,33). The molecule has 0 saturated carbocycles. The number of pyridine rings is 2.